The predicted octanol–water partition coefficient (Wildman–Crippen LogP) is 2.73. The van der Waals surface area contributed by atoms with Gasteiger partial charge in [0.15, 0.2) is 0 Å². The number of amides is 1. The molecule has 1 saturated heterocycles. The Morgan fingerprint density at radius 2 is 2.12 bits per heavy atom. The number of hydrogen-bond acceptors (Lipinski definition) is 4. The highest BCUT2D eigenvalue weighted by Gasteiger charge is 2.31. The molecule has 1 atom stereocenters. The largest absolute Gasteiger partial charge is 0.497 e. The molecule has 1 aromatic carbocycles. The van der Waals surface area contributed by atoms with Crippen LogP contribution in [0.4, 0.5) is 0 Å². The first-order chi connectivity index (χ1) is 12.1. The van der Waals surface area contributed by atoms with E-state index in [1.807, 2.05) is 25.1 Å². The van der Waals surface area contributed by atoms with Gasteiger partial charge in [-0.25, -0.2) is 4.79 Å². The van der Waals surface area contributed by atoms with E-state index >= 15 is 0 Å². The van der Waals surface area contributed by atoms with Crippen LogP contribution in [0.15, 0.2) is 18.2 Å². The summed E-state index contributed by atoms with van der Waals surface area (Å²) >= 11 is 0. The van der Waals surface area contributed by atoms with Crippen LogP contribution in [0.2, 0.25) is 0 Å². The summed E-state index contributed by atoms with van der Waals surface area (Å²) < 4.78 is 13.1. The van der Waals surface area contributed by atoms with Crippen LogP contribution in [0.5, 0.6) is 5.75 Å². The Hall–Kier alpha value is -2.50. The zero-order chi connectivity index (χ0) is 17.6. The Bertz CT molecular complexity index is 851. The van der Waals surface area contributed by atoms with Gasteiger partial charge in [0, 0.05) is 29.1 Å². The number of nitrogens with zero attached hydrogens (tertiary/aromatic N) is 1. The van der Waals surface area contributed by atoms with Crippen LogP contribution < -0.4 is 10.1 Å². The van der Waals surface area contributed by atoms with Gasteiger partial charge in [-0.3, -0.25) is 4.79 Å². The maximum absolute atomic E-state index is 12.8. The Labute approximate surface area is 146 Å². The molecule has 0 spiro atoms. The summed E-state index contributed by atoms with van der Waals surface area (Å²) in [6.45, 7) is 2.18. The van der Waals surface area contributed by atoms with Crippen LogP contribution in [0.3, 0.4) is 0 Å². The van der Waals surface area contributed by atoms with Gasteiger partial charge in [0.05, 0.1) is 18.7 Å². The Balaban J connectivity index is 1.66. The molecule has 2 aliphatic rings. The van der Waals surface area contributed by atoms with Gasteiger partial charge in [-0.2, -0.15) is 0 Å². The molecular formula is C19H22N2O4. The topological polar surface area (TPSA) is 69.6 Å². The van der Waals surface area contributed by atoms with E-state index in [2.05, 4.69) is 9.88 Å². The summed E-state index contributed by atoms with van der Waals surface area (Å²) in [5.74, 6) is 0.404. The third-order valence-electron chi connectivity index (χ3n) is 5.07. The summed E-state index contributed by atoms with van der Waals surface area (Å²) in [6.07, 6.45) is 3.49. The molecule has 132 valence electrons. The number of methoxy groups -OCH3 is 1. The van der Waals surface area contributed by atoms with Gasteiger partial charge in [-0.1, -0.05) is 0 Å². The van der Waals surface area contributed by atoms with E-state index in [-0.39, 0.29) is 24.5 Å². The molecular weight excluding hydrogens is 320 g/mol. The molecule has 1 aliphatic carbocycles. The number of fused-ring (bicyclic) bond motifs is 1. The van der Waals surface area contributed by atoms with Gasteiger partial charge < -0.3 is 19.4 Å². The molecule has 0 radical (unpaired) electrons. The maximum atomic E-state index is 12.8. The van der Waals surface area contributed by atoms with Crippen molar-refractivity contribution < 1.29 is 19.1 Å². The molecule has 2 aromatic rings. The molecule has 6 heteroatoms. The fraction of sp³-hybridized carbons (Fsp3) is 0.474. The molecule has 6 nitrogen and oxygen atoms in total. The van der Waals surface area contributed by atoms with Gasteiger partial charge in [-0.15, -0.1) is 0 Å². The van der Waals surface area contributed by atoms with E-state index in [1.54, 1.807) is 7.11 Å². The second kappa shape index (κ2) is 6.10. The van der Waals surface area contributed by atoms with Crippen LogP contribution in [0.1, 0.15) is 47.8 Å². The lowest BCUT2D eigenvalue weighted by Gasteiger charge is -2.11. The van der Waals surface area contributed by atoms with Crippen LogP contribution >= 0.6 is 0 Å². The van der Waals surface area contributed by atoms with Crippen LogP contribution in [-0.2, 0) is 9.53 Å². The van der Waals surface area contributed by atoms with E-state index in [9.17, 15) is 9.59 Å². The standard InChI is InChI=1S/C19H22N2O4/c1-11-18(19(23)25-10-12-3-8-17(22)20-12)15-9-14(24-2)6-7-16(15)21(11)13-4-5-13/h6-7,9,12-13H,3-5,8,10H2,1-2H3,(H,20,22). The summed E-state index contributed by atoms with van der Waals surface area (Å²) in [5.41, 5.74) is 2.58. The lowest BCUT2D eigenvalue weighted by Crippen LogP contribution is -2.30. The number of carbonyl (C=O) groups is 2. The number of carbonyl (C=O) groups excluding carboxylic acids is 2. The molecule has 1 unspecified atom stereocenters. The van der Waals surface area contributed by atoms with Gasteiger partial charge in [0.1, 0.15) is 12.4 Å². The average molecular weight is 342 g/mol. The van der Waals surface area contributed by atoms with Crippen LogP contribution in [-0.4, -0.2) is 36.2 Å². The predicted molar refractivity (Wildman–Crippen MR) is 92.9 cm³/mol. The summed E-state index contributed by atoms with van der Waals surface area (Å²) in [6, 6.07) is 6.21. The van der Waals surface area contributed by atoms with E-state index in [4.69, 9.17) is 9.47 Å². The molecule has 2 heterocycles. The van der Waals surface area contributed by atoms with E-state index in [0.717, 1.165) is 35.2 Å². The minimum absolute atomic E-state index is 0.0207. The number of aromatic nitrogens is 1. The van der Waals surface area contributed by atoms with Crippen molar-refractivity contribution in [3.63, 3.8) is 0 Å². The van der Waals surface area contributed by atoms with Crippen LogP contribution in [0, 0.1) is 6.92 Å². The summed E-state index contributed by atoms with van der Waals surface area (Å²) in [7, 11) is 1.62. The number of esters is 1. The van der Waals surface area contributed by atoms with E-state index in [1.165, 1.54) is 0 Å². The number of rotatable bonds is 5. The molecule has 1 aliphatic heterocycles. The smallest absolute Gasteiger partial charge is 0.340 e. The van der Waals surface area contributed by atoms with Gasteiger partial charge in [0.25, 0.3) is 0 Å². The molecule has 1 aromatic heterocycles. The van der Waals surface area contributed by atoms with Gasteiger partial charge >= 0.3 is 5.97 Å². The minimum Gasteiger partial charge on any atom is -0.497 e. The third kappa shape index (κ3) is 2.86. The highest BCUT2D eigenvalue weighted by molar-refractivity contribution is 6.06. The zero-order valence-corrected chi connectivity index (χ0v) is 14.5. The van der Waals surface area contributed by atoms with Crippen molar-refractivity contribution in [2.45, 2.75) is 44.7 Å². The van der Waals surface area contributed by atoms with Crippen LogP contribution in [0.25, 0.3) is 10.9 Å². The third-order valence-corrected chi connectivity index (χ3v) is 5.07. The zero-order valence-electron chi connectivity index (χ0n) is 14.5. The van der Waals surface area contributed by atoms with Gasteiger partial charge in [-0.05, 0) is 44.4 Å². The highest BCUT2D eigenvalue weighted by Crippen LogP contribution is 2.42. The monoisotopic (exact) mass is 342 g/mol. The second-order valence-electron chi connectivity index (χ2n) is 6.85. The van der Waals surface area contributed by atoms with E-state index < -0.39 is 0 Å². The van der Waals surface area contributed by atoms with Crippen molar-refractivity contribution in [2.75, 3.05) is 13.7 Å². The maximum Gasteiger partial charge on any atom is 0.340 e. The number of ether oxygens (including phenoxy) is 2. The number of nitrogens with one attached hydrogen (secondary N) is 1. The van der Waals surface area contributed by atoms with Crippen molar-refractivity contribution in [3.05, 3.63) is 29.5 Å². The van der Waals surface area contributed by atoms with E-state index in [0.29, 0.717) is 24.4 Å². The normalized spacial score (nSPS) is 19.9. The second-order valence-corrected chi connectivity index (χ2v) is 6.85. The van der Waals surface area contributed by atoms with Gasteiger partial charge in [0.2, 0.25) is 5.91 Å². The Morgan fingerprint density at radius 1 is 1.32 bits per heavy atom. The number of hydrogen-bond donors (Lipinski definition) is 1. The van der Waals surface area contributed by atoms with Crippen molar-refractivity contribution in [1.29, 1.82) is 0 Å². The molecule has 25 heavy (non-hydrogen) atoms. The van der Waals surface area contributed by atoms with Crippen molar-refractivity contribution in [2.24, 2.45) is 0 Å². The molecule has 1 N–H and O–H groups in total. The lowest BCUT2D eigenvalue weighted by molar-refractivity contribution is -0.119. The average Bonchev–Trinajstić information content (AvgIpc) is 3.28. The summed E-state index contributed by atoms with van der Waals surface area (Å²) in [5, 5.41) is 3.69. The van der Waals surface area contributed by atoms with Crippen molar-refractivity contribution in [3.8, 4) is 5.75 Å². The van der Waals surface area contributed by atoms with Crippen molar-refractivity contribution >= 4 is 22.8 Å². The Morgan fingerprint density at radius 3 is 2.76 bits per heavy atom. The first-order valence-electron chi connectivity index (χ1n) is 8.73. The first kappa shape index (κ1) is 16.0. The molecule has 4 rings (SSSR count). The molecule has 1 amide bonds. The first-order valence-corrected chi connectivity index (χ1v) is 8.73. The fourth-order valence-corrected chi connectivity index (χ4v) is 3.66. The summed E-state index contributed by atoms with van der Waals surface area (Å²) in [4.78, 5) is 24.1. The lowest BCUT2D eigenvalue weighted by atomic mass is 10.1. The molecule has 1 saturated carbocycles. The quantitative estimate of drug-likeness (QED) is 0.848. The number of benzene rings is 1. The Kier molecular flexibility index (Phi) is 3.90. The molecule has 0 bridgehead atoms. The van der Waals surface area contributed by atoms with Crippen molar-refractivity contribution in [1.82, 2.24) is 9.88 Å². The highest BCUT2D eigenvalue weighted by atomic mass is 16.5. The SMILES string of the molecule is COc1ccc2c(c1)c(C(=O)OCC1CCC(=O)N1)c(C)n2C1CC1. The minimum atomic E-state index is -0.337. The molecule has 2 fully saturated rings. The fourth-order valence-electron chi connectivity index (χ4n) is 3.66.